The van der Waals surface area contributed by atoms with Crippen molar-refractivity contribution in [3.63, 3.8) is 0 Å². The molecule has 0 aromatic heterocycles. The molecule has 30 heavy (non-hydrogen) atoms. The molecular formula is C25H21ClN2O2. The number of halogens is 1. The van der Waals surface area contributed by atoms with Crippen LogP contribution in [0.1, 0.15) is 16.7 Å². The highest BCUT2D eigenvalue weighted by atomic mass is 35.5. The number of carbonyl (C=O) groups is 2. The van der Waals surface area contributed by atoms with Gasteiger partial charge in [-0.05, 0) is 55.3 Å². The smallest absolute Gasteiger partial charge is 0.282 e. The van der Waals surface area contributed by atoms with Gasteiger partial charge in [0.1, 0.15) is 5.70 Å². The minimum Gasteiger partial charge on any atom is -0.339 e. The summed E-state index contributed by atoms with van der Waals surface area (Å²) < 4.78 is 0. The molecule has 0 saturated heterocycles. The number of aryl methyl sites for hydroxylation is 2. The number of likely N-dealkylation sites (N-methyl/N-ethyl adjacent to an activating group) is 1. The molecule has 3 aromatic carbocycles. The molecule has 1 aliphatic rings. The van der Waals surface area contributed by atoms with Crippen molar-refractivity contribution < 1.29 is 9.59 Å². The maximum absolute atomic E-state index is 13.6. The van der Waals surface area contributed by atoms with E-state index in [1.165, 1.54) is 4.90 Å². The fourth-order valence-electron chi connectivity index (χ4n) is 3.80. The molecule has 3 aromatic rings. The summed E-state index contributed by atoms with van der Waals surface area (Å²) in [5.74, 6) is -0.726. The first kappa shape index (κ1) is 19.9. The Hall–Kier alpha value is -3.37. The van der Waals surface area contributed by atoms with E-state index in [1.807, 2.05) is 62.4 Å². The molecule has 0 bridgehead atoms. The summed E-state index contributed by atoms with van der Waals surface area (Å²) in [6.07, 6.45) is 0. The van der Waals surface area contributed by atoms with Crippen LogP contribution in [0.2, 0.25) is 5.02 Å². The Morgan fingerprint density at radius 1 is 0.833 bits per heavy atom. The van der Waals surface area contributed by atoms with Crippen LogP contribution in [0.25, 0.3) is 5.57 Å². The van der Waals surface area contributed by atoms with Gasteiger partial charge in [0.15, 0.2) is 0 Å². The van der Waals surface area contributed by atoms with E-state index in [9.17, 15) is 9.59 Å². The molecule has 0 saturated carbocycles. The van der Waals surface area contributed by atoms with Gasteiger partial charge in [-0.3, -0.25) is 9.59 Å². The lowest BCUT2D eigenvalue weighted by atomic mass is 9.97. The summed E-state index contributed by atoms with van der Waals surface area (Å²) in [6.45, 7) is 3.96. The summed E-state index contributed by atoms with van der Waals surface area (Å²) in [5.41, 5.74) is 4.81. The second-order valence-corrected chi connectivity index (χ2v) is 7.80. The van der Waals surface area contributed by atoms with Crippen molar-refractivity contribution in [1.29, 1.82) is 0 Å². The monoisotopic (exact) mass is 416 g/mol. The van der Waals surface area contributed by atoms with Gasteiger partial charge in [-0.25, -0.2) is 4.90 Å². The number of anilines is 2. The third kappa shape index (κ3) is 3.40. The van der Waals surface area contributed by atoms with Crippen LogP contribution < -0.4 is 9.80 Å². The van der Waals surface area contributed by atoms with Gasteiger partial charge in [-0.1, -0.05) is 59.6 Å². The van der Waals surface area contributed by atoms with E-state index in [4.69, 9.17) is 11.6 Å². The number of para-hydroxylation sites is 1. The van der Waals surface area contributed by atoms with E-state index in [0.29, 0.717) is 22.0 Å². The predicted molar refractivity (Wildman–Crippen MR) is 122 cm³/mol. The number of benzene rings is 3. The minimum absolute atomic E-state index is 0.345. The van der Waals surface area contributed by atoms with Gasteiger partial charge >= 0.3 is 0 Å². The minimum atomic E-state index is -0.372. The van der Waals surface area contributed by atoms with Crippen LogP contribution in [-0.2, 0) is 9.59 Å². The molecule has 2 amide bonds. The Labute approximate surface area is 181 Å². The average molecular weight is 417 g/mol. The molecule has 1 aliphatic heterocycles. The Balaban J connectivity index is 1.92. The number of nitrogens with zero attached hydrogens (tertiary/aromatic N) is 2. The zero-order valence-electron chi connectivity index (χ0n) is 17.0. The second kappa shape index (κ2) is 7.81. The van der Waals surface area contributed by atoms with Crippen molar-refractivity contribution >= 4 is 40.4 Å². The van der Waals surface area contributed by atoms with E-state index in [2.05, 4.69) is 0 Å². The quantitative estimate of drug-likeness (QED) is 0.536. The van der Waals surface area contributed by atoms with E-state index < -0.39 is 0 Å². The van der Waals surface area contributed by atoms with Crippen molar-refractivity contribution in [2.45, 2.75) is 13.8 Å². The van der Waals surface area contributed by atoms with E-state index in [1.54, 1.807) is 36.2 Å². The van der Waals surface area contributed by atoms with Crippen molar-refractivity contribution in [2.75, 3.05) is 16.8 Å². The lowest BCUT2D eigenvalue weighted by Gasteiger charge is -2.21. The first-order valence-corrected chi connectivity index (χ1v) is 10.0. The second-order valence-electron chi connectivity index (χ2n) is 7.36. The maximum Gasteiger partial charge on any atom is 0.282 e. The fraction of sp³-hybridized carbons (Fsp3) is 0.120. The molecule has 0 aliphatic carbocycles. The lowest BCUT2D eigenvalue weighted by Crippen LogP contribution is -2.34. The van der Waals surface area contributed by atoms with E-state index in [0.717, 1.165) is 22.4 Å². The Kier molecular flexibility index (Phi) is 5.18. The van der Waals surface area contributed by atoms with Crippen LogP contribution in [0.3, 0.4) is 0 Å². The summed E-state index contributed by atoms with van der Waals surface area (Å²) >= 11 is 6.14. The average Bonchev–Trinajstić information content (AvgIpc) is 2.98. The lowest BCUT2D eigenvalue weighted by molar-refractivity contribution is -0.120. The number of rotatable bonds is 4. The van der Waals surface area contributed by atoms with Crippen LogP contribution >= 0.6 is 11.6 Å². The summed E-state index contributed by atoms with van der Waals surface area (Å²) in [4.78, 5) is 30.1. The highest BCUT2D eigenvalue weighted by Gasteiger charge is 2.42. The van der Waals surface area contributed by atoms with Gasteiger partial charge in [0.2, 0.25) is 0 Å². The zero-order chi connectivity index (χ0) is 21.4. The van der Waals surface area contributed by atoms with Gasteiger partial charge in [0, 0.05) is 17.8 Å². The molecule has 4 rings (SSSR count). The third-order valence-corrected chi connectivity index (χ3v) is 5.49. The SMILES string of the molecule is Cc1ccc(C2=C(N(C)c3ccccc3)C(=O)N(c3cccc(Cl)c3)C2=O)c(C)c1. The van der Waals surface area contributed by atoms with Gasteiger partial charge in [0.05, 0.1) is 11.3 Å². The van der Waals surface area contributed by atoms with Crippen molar-refractivity contribution in [3.8, 4) is 0 Å². The molecule has 4 nitrogen and oxygen atoms in total. The van der Waals surface area contributed by atoms with E-state index in [-0.39, 0.29) is 11.8 Å². The molecular weight excluding hydrogens is 396 g/mol. The fourth-order valence-corrected chi connectivity index (χ4v) is 3.98. The molecule has 0 unspecified atom stereocenters. The Morgan fingerprint density at radius 2 is 1.57 bits per heavy atom. The topological polar surface area (TPSA) is 40.6 Å². The summed E-state index contributed by atoms with van der Waals surface area (Å²) in [5, 5.41) is 0.464. The highest BCUT2D eigenvalue weighted by Crippen LogP contribution is 2.37. The van der Waals surface area contributed by atoms with Crippen LogP contribution in [0, 0.1) is 13.8 Å². The van der Waals surface area contributed by atoms with Crippen molar-refractivity contribution in [2.24, 2.45) is 0 Å². The van der Waals surface area contributed by atoms with Crippen molar-refractivity contribution in [3.05, 3.63) is 100 Å². The molecule has 0 radical (unpaired) electrons. The molecule has 0 atom stereocenters. The number of carbonyl (C=O) groups excluding carboxylic acids is 2. The zero-order valence-corrected chi connectivity index (χ0v) is 17.8. The third-order valence-electron chi connectivity index (χ3n) is 5.26. The molecule has 0 N–H and O–H groups in total. The standard InChI is InChI=1S/C25H21ClN2O2/c1-16-12-13-21(17(2)14-16)22-23(27(3)19-9-5-4-6-10-19)25(30)28(24(22)29)20-11-7-8-18(26)15-20/h4-15H,1-3H3. The normalized spacial score (nSPS) is 13.9. The highest BCUT2D eigenvalue weighted by molar-refractivity contribution is 6.46. The van der Waals surface area contributed by atoms with Gasteiger partial charge in [-0.15, -0.1) is 0 Å². The first-order valence-electron chi connectivity index (χ1n) is 9.63. The Morgan fingerprint density at radius 3 is 2.23 bits per heavy atom. The molecule has 150 valence electrons. The van der Waals surface area contributed by atoms with Gasteiger partial charge in [0.25, 0.3) is 11.8 Å². The van der Waals surface area contributed by atoms with Crippen molar-refractivity contribution in [1.82, 2.24) is 0 Å². The van der Waals surface area contributed by atoms with Crippen LogP contribution in [0.5, 0.6) is 0 Å². The van der Waals surface area contributed by atoms with Crippen LogP contribution in [-0.4, -0.2) is 18.9 Å². The van der Waals surface area contributed by atoms with Gasteiger partial charge < -0.3 is 4.90 Å². The largest absolute Gasteiger partial charge is 0.339 e. The summed E-state index contributed by atoms with van der Waals surface area (Å²) in [7, 11) is 1.81. The summed E-state index contributed by atoms with van der Waals surface area (Å²) in [6, 6.07) is 22.2. The number of imide groups is 1. The molecule has 1 heterocycles. The molecule has 0 spiro atoms. The number of hydrogen-bond acceptors (Lipinski definition) is 3. The number of hydrogen-bond donors (Lipinski definition) is 0. The van der Waals surface area contributed by atoms with Crippen LogP contribution in [0.4, 0.5) is 11.4 Å². The number of amides is 2. The first-order chi connectivity index (χ1) is 14.4. The maximum atomic E-state index is 13.6. The Bertz CT molecular complexity index is 1180. The molecule has 0 fully saturated rings. The molecule has 5 heteroatoms. The van der Waals surface area contributed by atoms with Gasteiger partial charge in [-0.2, -0.15) is 0 Å². The van der Waals surface area contributed by atoms with E-state index >= 15 is 0 Å². The predicted octanol–water partition coefficient (Wildman–Crippen LogP) is 5.38. The van der Waals surface area contributed by atoms with Crippen LogP contribution in [0.15, 0.2) is 78.5 Å².